The highest BCUT2D eigenvalue weighted by molar-refractivity contribution is 14.1. The Labute approximate surface area is 178 Å². The summed E-state index contributed by atoms with van der Waals surface area (Å²) < 4.78 is 8.75. The first kappa shape index (κ1) is 20.1. The van der Waals surface area contributed by atoms with Gasteiger partial charge in [-0.05, 0) is 98.0 Å². The zero-order chi connectivity index (χ0) is 20.1. The SMILES string of the molecule is CCOc1ccc(C(=O)N/N=C/c2cc(C)n(-c3ccc(I)cc3)c2C)cc1. The van der Waals surface area contributed by atoms with Crippen molar-refractivity contribution in [2.24, 2.45) is 5.10 Å². The van der Waals surface area contributed by atoms with Gasteiger partial charge in [-0.1, -0.05) is 0 Å². The number of carbonyl (C=O) groups excluding carboxylic acids is 1. The summed E-state index contributed by atoms with van der Waals surface area (Å²) in [5.74, 6) is 0.483. The number of halogens is 1. The van der Waals surface area contributed by atoms with Crippen molar-refractivity contribution in [3.63, 3.8) is 0 Å². The van der Waals surface area contributed by atoms with Crippen molar-refractivity contribution < 1.29 is 9.53 Å². The van der Waals surface area contributed by atoms with Gasteiger partial charge in [0.25, 0.3) is 5.91 Å². The van der Waals surface area contributed by atoms with Crippen LogP contribution in [0.25, 0.3) is 5.69 Å². The van der Waals surface area contributed by atoms with E-state index in [1.54, 1.807) is 30.5 Å². The van der Waals surface area contributed by atoms with Gasteiger partial charge in [-0.3, -0.25) is 4.79 Å². The second-order valence-electron chi connectivity index (χ2n) is 6.29. The lowest BCUT2D eigenvalue weighted by molar-refractivity contribution is 0.0955. The van der Waals surface area contributed by atoms with Crippen molar-refractivity contribution in [3.8, 4) is 11.4 Å². The van der Waals surface area contributed by atoms with Crippen molar-refractivity contribution in [1.82, 2.24) is 9.99 Å². The maximum absolute atomic E-state index is 12.2. The van der Waals surface area contributed by atoms with Gasteiger partial charge in [-0.15, -0.1) is 0 Å². The van der Waals surface area contributed by atoms with Crippen molar-refractivity contribution >= 4 is 34.7 Å². The molecule has 1 aromatic heterocycles. The standard InChI is InChI=1S/C22H22IN3O2/c1-4-28-21-11-5-17(6-12-21)22(27)25-24-14-18-13-15(2)26(16(18)3)20-9-7-19(23)8-10-20/h5-14H,4H2,1-3H3,(H,25,27)/b24-14+. The maximum atomic E-state index is 12.2. The molecule has 0 aliphatic rings. The normalized spacial score (nSPS) is 11.0. The summed E-state index contributed by atoms with van der Waals surface area (Å²) in [6.07, 6.45) is 1.68. The van der Waals surface area contributed by atoms with Crippen LogP contribution in [-0.4, -0.2) is 23.3 Å². The molecule has 3 rings (SSSR count). The van der Waals surface area contributed by atoms with E-state index in [2.05, 4.69) is 74.9 Å². The van der Waals surface area contributed by atoms with E-state index in [-0.39, 0.29) is 5.91 Å². The number of amides is 1. The van der Waals surface area contributed by atoms with E-state index in [9.17, 15) is 4.79 Å². The molecule has 0 saturated carbocycles. The third-order valence-corrected chi connectivity index (χ3v) is 5.07. The van der Waals surface area contributed by atoms with Crippen LogP contribution < -0.4 is 10.2 Å². The number of ether oxygens (including phenoxy) is 1. The molecule has 3 aromatic rings. The predicted octanol–water partition coefficient (Wildman–Crippen LogP) is 4.86. The van der Waals surface area contributed by atoms with Crippen LogP contribution in [0.2, 0.25) is 0 Å². The Kier molecular flexibility index (Phi) is 6.51. The molecule has 28 heavy (non-hydrogen) atoms. The molecule has 0 unspecified atom stereocenters. The van der Waals surface area contributed by atoms with Crippen LogP contribution in [0.4, 0.5) is 0 Å². The molecule has 0 bridgehead atoms. The fourth-order valence-corrected chi connectivity index (χ4v) is 3.36. The molecule has 0 fully saturated rings. The lowest BCUT2D eigenvalue weighted by Crippen LogP contribution is -2.17. The molecule has 1 N–H and O–H groups in total. The molecule has 5 nitrogen and oxygen atoms in total. The number of aromatic nitrogens is 1. The molecule has 6 heteroatoms. The van der Waals surface area contributed by atoms with Crippen LogP contribution >= 0.6 is 22.6 Å². The molecular formula is C22H22IN3O2. The van der Waals surface area contributed by atoms with Gasteiger partial charge in [0.15, 0.2) is 0 Å². The van der Waals surface area contributed by atoms with E-state index in [0.29, 0.717) is 12.2 Å². The molecule has 1 amide bonds. The fourth-order valence-electron chi connectivity index (χ4n) is 3.00. The highest BCUT2D eigenvalue weighted by atomic mass is 127. The quantitative estimate of drug-likeness (QED) is 0.307. The van der Waals surface area contributed by atoms with Crippen molar-refractivity contribution in [3.05, 3.63) is 80.7 Å². The van der Waals surface area contributed by atoms with Gasteiger partial charge in [0.05, 0.1) is 12.8 Å². The number of hydrogen-bond donors (Lipinski definition) is 1. The largest absolute Gasteiger partial charge is 0.494 e. The van der Waals surface area contributed by atoms with Crippen molar-refractivity contribution in [2.45, 2.75) is 20.8 Å². The lowest BCUT2D eigenvalue weighted by Gasteiger charge is -2.09. The van der Waals surface area contributed by atoms with Crippen LogP contribution in [0, 0.1) is 17.4 Å². The summed E-state index contributed by atoms with van der Waals surface area (Å²) in [4.78, 5) is 12.2. The minimum atomic E-state index is -0.259. The summed E-state index contributed by atoms with van der Waals surface area (Å²) in [5.41, 5.74) is 7.36. The van der Waals surface area contributed by atoms with Crippen molar-refractivity contribution in [2.75, 3.05) is 6.61 Å². The lowest BCUT2D eigenvalue weighted by atomic mass is 10.2. The van der Waals surface area contributed by atoms with Gasteiger partial charge in [-0.25, -0.2) is 5.43 Å². The second-order valence-corrected chi connectivity index (χ2v) is 7.54. The summed E-state index contributed by atoms with van der Waals surface area (Å²) in [6.45, 7) is 6.61. The highest BCUT2D eigenvalue weighted by Crippen LogP contribution is 2.20. The average Bonchev–Trinajstić information content (AvgIpc) is 2.97. The summed E-state index contributed by atoms with van der Waals surface area (Å²) in [7, 11) is 0. The zero-order valence-electron chi connectivity index (χ0n) is 16.1. The Hall–Kier alpha value is -2.61. The second kappa shape index (κ2) is 9.05. The van der Waals surface area contributed by atoms with Gasteiger partial charge in [-0.2, -0.15) is 5.10 Å². The van der Waals surface area contributed by atoms with E-state index < -0.39 is 0 Å². The highest BCUT2D eigenvalue weighted by Gasteiger charge is 2.10. The number of benzene rings is 2. The monoisotopic (exact) mass is 487 g/mol. The molecule has 0 spiro atoms. The molecule has 0 aliphatic heterocycles. The van der Waals surface area contributed by atoms with E-state index in [1.165, 1.54) is 3.57 Å². The predicted molar refractivity (Wildman–Crippen MR) is 121 cm³/mol. The fraction of sp³-hybridized carbons (Fsp3) is 0.182. The van der Waals surface area contributed by atoms with Crippen molar-refractivity contribution in [1.29, 1.82) is 0 Å². The molecule has 0 radical (unpaired) electrons. The summed E-state index contributed by atoms with van der Waals surface area (Å²) in [5, 5.41) is 4.13. The van der Waals surface area contributed by atoms with E-state index >= 15 is 0 Å². The van der Waals surface area contributed by atoms with Crippen LogP contribution in [-0.2, 0) is 0 Å². The Balaban J connectivity index is 1.71. The van der Waals surface area contributed by atoms with Crippen LogP contribution in [0.15, 0.2) is 59.7 Å². The molecule has 2 aromatic carbocycles. The number of nitrogens with one attached hydrogen (secondary N) is 1. The van der Waals surface area contributed by atoms with Crippen LogP contribution in [0.5, 0.6) is 5.75 Å². The Morgan fingerprint density at radius 2 is 1.82 bits per heavy atom. The maximum Gasteiger partial charge on any atom is 0.271 e. The Morgan fingerprint density at radius 3 is 2.46 bits per heavy atom. The molecule has 1 heterocycles. The van der Waals surface area contributed by atoms with Gasteiger partial charge in [0.2, 0.25) is 0 Å². The first-order valence-electron chi connectivity index (χ1n) is 9.00. The average molecular weight is 487 g/mol. The number of nitrogens with zero attached hydrogens (tertiary/aromatic N) is 2. The summed E-state index contributed by atoms with van der Waals surface area (Å²) in [6, 6.07) is 17.4. The minimum Gasteiger partial charge on any atom is -0.494 e. The van der Waals surface area contributed by atoms with Gasteiger partial charge in [0.1, 0.15) is 5.75 Å². The summed E-state index contributed by atoms with van der Waals surface area (Å²) >= 11 is 2.30. The van der Waals surface area contributed by atoms with Gasteiger partial charge >= 0.3 is 0 Å². The van der Waals surface area contributed by atoms with E-state index in [1.807, 2.05) is 13.8 Å². The molecule has 0 saturated heterocycles. The number of carbonyl (C=O) groups is 1. The first-order chi connectivity index (χ1) is 13.5. The zero-order valence-corrected chi connectivity index (χ0v) is 18.2. The Bertz CT molecular complexity index is 990. The smallest absolute Gasteiger partial charge is 0.271 e. The number of hydrazone groups is 1. The van der Waals surface area contributed by atoms with Gasteiger partial charge in [0, 0.05) is 31.8 Å². The topological polar surface area (TPSA) is 55.6 Å². The number of aryl methyl sites for hydroxylation is 1. The number of hydrogen-bond acceptors (Lipinski definition) is 3. The third kappa shape index (κ3) is 4.62. The molecule has 144 valence electrons. The van der Waals surface area contributed by atoms with Crippen LogP contribution in [0.1, 0.15) is 34.2 Å². The Morgan fingerprint density at radius 1 is 1.14 bits per heavy atom. The molecular weight excluding hydrogens is 465 g/mol. The number of rotatable bonds is 6. The van der Waals surface area contributed by atoms with Gasteiger partial charge < -0.3 is 9.30 Å². The molecule has 0 atom stereocenters. The minimum absolute atomic E-state index is 0.259. The van der Waals surface area contributed by atoms with Crippen LogP contribution in [0.3, 0.4) is 0 Å². The first-order valence-corrected chi connectivity index (χ1v) is 10.1. The van der Waals surface area contributed by atoms with E-state index in [4.69, 9.17) is 4.74 Å². The molecule has 0 aliphatic carbocycles. The van der Waals surface area contributed by atoms with E-state index in [0.717, 1.165) is 28.4 Å². The third-order valence-electron chi connectivity index (χ3n) is 4.35.